The Labute approximate surface area is 176 Å². The summed E-state index contributed by atoms with van der Waals surface area (Å²) in [4.78, 5) is 14.4. The third-order valence-electron chi connectivity index (χ3n) is 5.81. The Kier molecular flexibility index (Phi) is 5.79. The average Bonchev–Trinajstić information content (AvgIpc) is 2.95. The van der Waals surface area contributed by atoms with Gasteiger partial charge < -0.3 is 14.8 Å². The van der Waals surface area contributed by atoms with Crippen molar-refractivity contribution in [3.8, 4) is 5.75 Å². The van der Waals surface area contributed by atoms with Gasteiger partial charge in [0.05, 0.1) is 6.04 Å². The molecule has 9 heteroatoms. The van der Waals surface area contributed by atoms with Crippen molar-refractivity contribution in [2.75, 3.05) is 13.1 Å². The summed E-state index contributed by atoms with van der Waals surface area (Å²) < 4.78 is 60.3. The van der Waals surface area contributed by atoms with Gasteiger partial charge in [-0.1, -0.05) is 24.3 Å². The Hall–Kier alpha value is -2.81. The van der Waals surface area contributed by atoms with Crippen LogP contribution in [0.2, 0.25) is 0 Å². The number of nitrogens with zero attached hydrogens (tertiary/aromatic N) is 1. The van der Waals surface area contributed by atoms with E-state index in [1.807, 2.05) is 0 Å². The first-order chi connectivity index (χ1) is 14.7. The average molecular weight is 438 g/mol. The molecular weight excluding hydrogens is 416 g/mol. The molecule has 5 nitrogen and oxygen atoms in total. The molecular formula is C22H22F4N2O3. The van der Waals surface area contributed by atoms with E-state index < -0.39 is 18.1 Å². The van der Waals surface area contributed by atoms with Crippen molar-refractivity contribution >= 4 is 6.09 Å². The third-order valence-corrected chi connectivity index (χ3v) is 5.81. The second kappa shape index (κ2) is 8.37. The number of rotatable bonds is 5. The minimum absolute atomic E-state index is 0.187. The second-order valence-corrected chi connectivity index (χ2v) is 7.85. The molecule has 4 rings (SSSR count). The zero-order chi connectivity index (χ0) is 22.1. The highest BCUT2D eigenvalue weighted by molar-refractivity contribution is 5.72. The molecule has 1 unspecified atom stereocenters. The Morgan fingerprint density at radius 2 is 1.65 bits per heavy atom. The number of piperidine rings is 1. The fourth-order valence-electron chi connectivity index (χ4n) is 4.30. The molecule has 1 N–H and O–H groups in total. The van der Waals surface area contributed by atoms with Gasteiger partial charge in [0.15, 0.2) is 0 Å². The van der Waals surface area contributed by atoms with E-state index in [-0.39, 0.29) is 24.2 Å². The molecule has 0 aliphatic carbocycles. The van der Waals surface area contributed by atoms with E-state index in [0.29, 0.717) is 37.9 Å². The molecule has 2 saturated heterocycles. The monoisotopic (exact) mass is 438 g/mol. The van der Waals surface area contributed by atoms with Crippen molar-refractivity contribution in [3.63, 3.8) is 0 Å². The SMILES string of the molecule is O=C1OC2(CCNCC2)C(Cc2ccc(F)cc2)N1Cc1ccc(OC(F)(F)F)cc1. The molecule has 1 atom stereocenters. The quantitative estimate of drug-likeness (QED) is 0.703. The van der Waals surface area contributed by atoms with E-state index >= 15 is 0 Å². The number of halogens is 4. The highest BCUT2D eigenvalue weighted by Gasteiger charge is 2.53. The number of hydrogen-bond donors (Lipinski definition) is 1. The van der Waals surface area contributed by atoms with Gasteiger partial charge in [0, 0.05) is 19.4 Å². The van der Waals surface area contributed by atoms with Crippen molar-refractivity contribution in [2.24, 2.45) is 0 Å². The first-order valence-electron chi connectivity index (χ1n) is 10.0. The van der Waals surface area contributed by atoms with E-state index in [1.165, 1.54) is 36.4 Å². The summed E-state index contributed by atoms with van der Waals surface area (Å²) >= 11 is 0. The third kappa shape index (κ3) is 4.92. The molecule has 0 radical (unpaired) electrons. The van der Waals surface area contributed by atoms with Crippen LogP contribution in [-0.2, 0) is 17.7 Å². The summed E-state index contributed by atoms with van der Waals surface area (Å²) in [5.74, 6) is -0.657. The Bertz CT molecular complexity index is 910. The number of amides is 1. The normalized spacial score (nSPS) is 20.7. The van der Waals surface area contributed by atoms with Crippen LogP contribution in [0, 0.1) is 5.82 Å². The number of carbonyl (C=O) groups is 1. The van der Waals surface area contributed by atoms with Crippen LogP contribution in [-0.4, -0.2) is 42.1 Å². The molecule has 0 saturated carbocycles. The van der Waals surface area contributed by atoms with Crippen molar-refractivity contribution in [1.29, 1.82) is 0 Å². The molecule has 2 fully saturated rings. The molecule has 2 aliphatic heterocycles. The predicted molar refractivity (Wildman–Crippen MR) is 104 cm³/mol. The number of hydrogen-bond acceptors (Lipinski definition) is 4. The van der Waals surface area contributed by atoms with Crippen LogP contribution in [0.1, 0.15) is 24.0 Å². The Morgan fingerprint density at radius 3 is 2.26 bits per heavy atom. The first-order valence-corrected chi connectivity index (χ1v) is 10.0. The lowest BCUT2D eigenvalue weighted by molar-refractivity contribution is -0.274. The van der Waals surface area contributed by atoms with E-state index in [1.54, 1.807) is 17.0 Å². The number of benzene rings is 2. The van der Waals surface area contributed by atoms with E-state index in [9.17, 15) is 22.4 Å². The van der Waals surface area contributed by atoms with Gasteiger partial charge in [0.25, 0.3) is 0 Å². The van der Waals surface area contributed by atoms with Crippen molar-refractivity contribution in [1.82, 2.24) is 10.2 Å². The summed E-state index contributed by atoms with van der Waals surface area (Å²) in [7, 11) is 0. The first kappa shape index (κ1) is 21.4. The summed E-state index contributed by atoms with van der Waals surface area (Å²) in [6.45, 7) is 1.61. The van der Waals surface area contributed by atoms with Crippen LogP contribution in [0.25, 0.3) is 0 Å². The maximum atomic E-state index is 13.3. The summed E-state index contributed by atoms with van der Waals surface area (Å²) in [6, 6.07) is 11.3. The minimum Gasteiger partial charge on any atom is -0.440 e. The highest BCUT2D eigenvalue weighted by atomic mass is 19.4. The van der Waals surface area contributed by atoms with Gasteiger partial charge >= 0.3 is 12.5 Å². The van der Waals surface area contributed by atoms with Gasteiger partial charge in [0.2, 0.25) is 0 Å². The molecule has 1 amide bonds. The van der Waals surface area contributed by atoms with Gasteiger partial charge in [-0.2, -0.15) is 0 Å². The van der Waals surface area contributed by atoms with Crippen LogP contribution in [0.3, 0.4) is 0 Å². The number of nitrogens with one attached hydrogen (secondary N) is 1. The van der Waals surface area contributed by atoms with Gasteiger partial charge in [-0.05, 0) is 54.9 Å². The molecule has 0 aromatic heterocycles. The predicted octanol–water partition coefficient (Wildman–Crippen LogP) is 4.41. The fraction of sp³-hybridized carbons (Fsp3) is 0.409. The highest BCUT2D eigenvalue weighted by Crippen LogP contribution is 2.39. The van der Waals surface area contributed by atoms with Crippen molar-refractivity contribution in [3.05, 3.63) is 65.5 Å². The zero-order valence-corrected chi connectivity index (χ0v) is 16.6. The molecule has 0 bridgehead atoms. The lowest BCUT2D eigenvalue weighted by atomic mass is 9.81. The largest absolute Gasteiger partial charge is 0.573 e. The number of ether oxygens (including phenoxy) is 2. The molecule has 31 heavy (non-hydrogen) atoms. The lowest BCUT2D eigenvalue weighted by Gasteiger charge is -2.38. The number of alkyl halides is 3. The van der Waals surface area contributed by atoms with Crippen LogP contribution in [0.15, 0.2) is 48.5 Å². The van der Waals surface area contributed by atoms with E-state index in [0.717, 1.165) is 5.56 Å². The molecule has 2 aromatic carbocycles. The lowest BCUT2D eigenvalue weighted by Crippen LogP contribution is -2.52. The molecule has 2 aromatic rings. The van der Waals surface area contributed by atoms with Crippen LogP contribution in [0.4, 0.5) is 22.4 Å². The Balaban J connectivity index is 1.56. The fourth-order valence-corrected chi connectivity index (χ4v) is 4.30. The Morgan fingerprint density at radius 1 is 1.03 bits per heavy atom. The van der Waals surface area contributed by atoms with Crippen LogP contribution >= 0.6 is 0 Å². The summed E-state index contributed by atoms with van der Waals surface area (Å²) in [5.41, 5.74) is 0.874. The second-order valence-electron chi connectivity index (χ2n) is 7.85. The van der Waals surface area contributed by atoms with Crippen molar-refractivity contribution in [2.45, 2.75) is 43.8 Å². The van der Waals surface area contributed by atoms with Crippen molar-refractivity contribution < 1.29 is 31.8 Å². The van der Waals surface area contributed by atoms with Crippen LogP contribution in [0.5, 0.6) is 5.75 Å². The smallest absolute Gasteiger partial charge is 0.440 e. The molecule has 1 spiro atoms. The van der Waals surface area contributed by atoms with Crippen LogP contribution < -0.4 is 10.1 Å². The molecule has 2 aliphatic rings. The standard InChI is InChI=1S/C22H22F4N2O3/c23-17-5-1-15(2-6-17)13-19-21(9-11-27-12-10-21)31-20(29)28(19)14-16-3-7-18(8-4-16)30-22(24,25)26/h1-8,19,27H,9-14H2. The maximum absolute atomic E-state index is 13.3. The number of carbonyl (C=O) groups excluding carboxylic acids is 1. The van der Waals surface area contributed by atoms with Gasteiger partial charge in [0.1, 0.15) is 17.2 Å². The van der Waals surface area contributed by atoms with Gasteiger partial charge in [-0.15, -0.1) is 13.2 Å². The molecule has 166 valence electrons. The van der Waals surface area contributed by atoms with E-state index in [4.69, 9.17) is 4.74 Å². The zero-order valence-electron chi connectivity index (χ0n) is 16.6. The summed E-state index contributed by atoms with van der Waals surface area (Å²) in [5, 5.41) is 3.27. The van der Waals surface area contributed by atoms with E-state index in [2.05, 4.69) is 10.1 Å². The topological polar surface area (TPSA) is 50.8 Å². The van der Waals surface area contributed by atoms with Gasteiger partial charge in [-0.25, -0.2) is 9.18 Å². The minimum atomic E-state index is -4.76. The maximum Gasteiger partial charge on any atom is 0.573 e. The molecule has 2 heterocycles. The van der Waals surface area contributed by atoms with Gasteiger partial charge in [-0.3, -0.25) is 4.90 Å². The summed E-state index contributed by atoms with van der Waals surface area (Å²) in [6.07, 6.45) is -3.42.